The topological polar surface area (TPSA) is 96.0 Å². The van der Waals surface area contributed by atoms with Crippen molar-refractivity contribution in [3.63, 3.8) is 0 Å². The van der Waals surface area contributed by atoms with Gasteiger partial charge in [0.2, 0.25) is 21.8 Å². The van der Waals surface area contributed by atoms with Crippen molar-refractivity contribution in [2.45, 2.75) is 45.3 Å². The number of rotatable bonds is 11. The molecule has 0 saturated carbocycles. The molecule has 0 spiro atoms. The van der Waals surface area contributed by atoms with Crippen LogP contribution >= 0.6 is 15.9 Å². The molecule has 0 fully saturated rings. The number of ether oxygens (including phenoxy) is 1. The van der Waals surface area contributed by atoms with Crippen molar-refractivity contribution in [3.8, 4) is 5.75 Å². The van der Waals surface area contributed by atoms with Crippen molar-refractivity contribution in [2.75, 3.05) is 24.2 Å². The lowest BCUT2D eigenvalue weighted by Gasteiger charge is -2.35. The third-order valence-corrected chi connectivity index (χ3v) is 7.73. The minimum absolute atomic E-state index is 0.108. The van der Waals surface area contributed by atoms with Gasteiger partial charge < -0.3 is 15.0 Å². The zero-order valence-corrected chi connectivity index (χ0v) is 25.8. The van der Waals surface area contributed by atoms with Crippen molar-refractivity contribution in [1.82, 2.24) is 10.2 Å². The predicted molar refractivity (Wildman–Crippen MR) is 162 cm³/mol. The van der Waals surface area contributed by atoms with Gasteiger partial charge in [0.1, 0.15) is 18.3 Å². The molecule has 0 heterocycles. The molecule has 0 aliphatic heterocycles. The molecule has 3 aromatic carbocycles. The molecule has 40 heavy (non-hydrogen) atoms. The van der Waals surface area contributed by atoms with Crippen molar-refractivity contribution in [3.05, 3.63) is 94.5 Å². The van der Waals surface area contributed by atoms with Gasteiger partial charge in [-0.05, 0) is 56.2 Å². The SMILES string of the molecule is COc1cccc(N(CC(=O)N(Cc2ccc(Br)cc2)[C@@H](Cc2ccccc2)C(=O)NC(C)(C)C)S(C)(=O)=O)c1. The molecule has 10 heteroatoms. The maximum absolute atomic E-state index is 14.1. The highest BCUT2D eigenvalue weighted by Gasteiger charge is 2.34. The largest absolute Gasteiger partial charge is 0.497 e. The molecule has 0 aliphatic rings. The molecular weight excluding hydrogens is 594 g/mol. The Hall–Kier alpha value is -3.37. The van der Waals surface area contributed by atoms with E-state index in [1.165, 1.54) is 12.0 Å². The van der Waals surface area contributed by atoms with E-state index < -0.39 is 34.1 Å². The van der Waals surface area contributed by atoms with Gasteiger partial charge >= 0.3 is 0 Å². The predicted octanol–water partition coefficient (Wildman–Crippen LogP) is 4.78. The van der Waals surface area contributed by atoms with Crippen molar-refractivity contribution in [1.29, 1.82) is 0 Å². The Balaban J connectivity index is 2.07. The van der Waals surface area contributed by atoms with Gasteiger partial charge in [0, 0.05) is 29.0 Å². The van der Waals surface area contributed by atoms with Crippen LogP contribution in [0.25, 0.3) is 0 Å². The van der Waals surface area contributed by atoms with Crippen LogP contribution in [-0.2, 0) is 32.6 Å². The molecule has 0 aromatic heterocycles. The minimum Gasteiger partial charge on any atom is -0.497 e. The number of amides is 2. The summed E-state index contributed by atoms with van der Waals surface area (Å²) in [4.78, 5) is 29.3. The summed E-state index contributed by atoms with van der Waals surface area (Å²) < 4.78 is 33.0. The first-order valence-electron chi connectivity index (χ1n) is 12.8. The first-order valence-corrected chi connectivity index (χ1v) is 15.4. The molecule has 214 valence electrons. The Morgan fingerprint density at radius 2 is 1.60 bits per heavy atom. The molecule has 1 atom stereocenters. The lowest BCUT2D eigenvalue weighted by atomic mass is 10.0. The molecular formula is C30H36BrN3O5S. The van der Waals surface area contributed by atoms with Crippen LogP contribution in [0.1, 0.15) is 31.9 Å². The minimum atomic E-state index is -3.86. The third kappa shape index (κ3) is 9.09. The van der Waals surface area contributed by atoms with Gasteiger partial charge in [0.25, 0.3) is 0 Å². The number of hydrogen-bond acceptors (Lipinski definition) is 5. The van der Waals surface area contributed by atoms with Gasteiger partial charge in [-0.1, -0.05) is 64.5 Å². The second kappa shape index (κ2) is 13.3. The molecule has 3 aromatic rings. The standard InChI is InChI=1S/C30H36BrN3O5S/c1-30(2,3)32-29(36)27(18-22-10-7-6-8-11-22)33(20-23-14-16-24(31)17-15-23)28(35)21-34(40(5,37)38)25-12-9-13-26(19-25)39-4/h6-17,19,27H,18,20-21H2,1-5H3,(H,32,36)/t27-/m0/s1. The summed E-state index contributed by atoms with van der Waals surface area (Å²) >= 11 is 3.43. The van der Waals surface area contributed by atoms with Crippen LogP contribution in [0.5, 0.6) is 5.75 Å². The van der Waals surface area contributed by atoms with Gasteiger partial charge in [0.05, 0.1) is 19.1 Å². The lowest BCUT2D eigenvalue weighted by molar-refractivity contribution is -0.140. The zero-order chi connectivity index (χ0) is 29.5. The quantitative estimate of drug-likeness (QED) is 0.329. The molecule has 0 radical (unpaired) electrons. The summed E-state index contributed by atoms with van der Waals surface area (Å²) in [5, 5.41) is 3.01. The zero-order valence-electron chi connectivity index (χ0n) is 23.4. The fourth-order valence-corrected chi connectivity index (χ4v) is 5.28. The maximum Gasteiger partial charge on any atom is 0.244 e. The first-order chi connectivity index (χ1) is 18.8. The van der Waals surface area contributed by atoms with E-state index in [9.17, 15) is 18.0 Å². The highest BCUT2D eigenvalue weighted by atomic mass is 79.9. The Kier molecular flexibility index (Phi) is 10.4. The Morgan fingerprint density at radius 1 is 0.950 bits per heavy atom. The normalized spacial score (nSPS) is 12.3. The highest BCUT2D eigenvalue weighted by Crippen LogP contribution is 2.24. The Labute approximate surface area is 245 Å². The molecule has 2 amide bonds. The summed E-state index contributed by atoms with van der Waals surface area (Å²) in [5.41, 5.74) is 1.42. The first kappa shape index (κ1) is 31.2. The number of nitrogens with zero attached hydrogens (tertiary/aromatic N) is 2. The van der Waals surface area contributed by atoms with Crippen LogP contribution < -0.4 is 14.4 Å². The molecule has 0 bridgehead atoms. The van der Waals surface area contributed by atoms with E-state index >= 15 is 0 Å². The fraction of sp³-hybridized carbons (Fsp3) is 0.333. The van der Waals surface area contributed by atoms with Crippen LogP contribution in [0.15, 0.2) is 83.3 Å². The second-order valence-electron chi connectivity index (χ2n) is 10.6. The van der Waals surface area contributed by atoms with E-state index in [4.69, 9.17) is 4.74 Å². The van der Waals surface area contributed by atoms with E-state index in [1.54, 1.807) is 24.3 Å². The molecule has 0 aliphatic carbocycles. The van der Waals surface area contributed by atoms with E-state index in [-0.39, 0.29) is 24.6 Å². The van der Waals surface area contributed by atoms with Crippen molar-refractivity contribution in [2.24, 2.45) is 0 Å². The van der Waals surface area contributed by atoms with Crippen LogP contribution in [0.4, 0.5) is 5.69 Å². The van der Waals surface area contributed by atoms with Crippen LogP contribution in [0.3, 0.4) is 0 Å². The number of anilines is 1. The van der Waals surface area contributed by atoms with E-state index in [1.807, 2.05) is 75.4 Å². The number of nitrogens with one attached hydrogen (secondary N) is 1. The maximum atomic E-state index is 14.1. The number of halogens is 1. The Morgan fingerprint density at radius 3 is 2.17 bits per heavy atom. The summed E-state index contributed by atoms with van der Waals surface area (Å²) in [6.45, 7) is 5.24. The van der Waals surface area contributed by atoms with Crippen LogP contribution in [0, 0.1) is 0 Å². The van der Waals surface area contributed by atoms with Gasteiger partial charge in [-0.25, -0.2) is 8.42 Å². The van der Waals surface area contributed by atoms with Crippen LogP contribution in [0.2, 0.25) is 0 Å². The van der Waals surface area contributed by atoms with Gasteiger partial charge in [-0.2, -0.15) is 0 Å². The number of hydrogen-bond donors (Lipinski definition) is 1. The van der Waals surface area contributed by atoms with Crippen LogP contribution in [-0.4, -0.2) is 56.6 Å². The van der Waals surface area contributed by atoms with Gasteiger partial charge in [-0.15, -0.1) is 0 Å². The number of methoxy groups -OCH3 is 1. The average Bonchev–Trinajstić information content (AvgIpc) is 2.89. The summed E-state index contributed by atoms with van der Waals surface area (Å²) in [7, 11) is -2.38. The van der Waals surface area contributed by atoms with Crippen molar-refractivity contribution >= 4 is 43.5 Å². The molecule has 3 rings (SSSR count). The average molecular weight is 631 g/mol. The Bertz CT molecular complexity index is 1410. The molecule has 1 N–H and O–H groups in total. The number of carbonyl (C=O) groups excluding carboxylic acids is 2. The molecule has 0 unspecified atom stereocenters. The second-order valence-corrected chi connectivity index (χ2v) is 13.4. The summed E-state index contributed by atoms with van der Waals surface area (Å²) in [5.74, 6) is -0.382. The molecule has 0 saturated heterocycles. The van der Waals surface area contributed by atoms with Gasteiger partial charge in [-0.3, -0.25) is 13.9 Å². The van der Waals surface area contributed by atoms with Gasteiger partial charge in [0.15, 0.2) is 0 Å². The summed E-state index contributed by atoms with van der Waals surface area (Å²) in [6.07, 6.45) is 1.30. The highest BCUT2D eigenvalue weighted by molar-refractivity contribution is 9.10. The van der Waals surface area contributed by atoms with Crippen molar-refractivity contribution < 1.29 is 22.7 Å². The smallest absolute Gasteiger partial charge is 0.244 e. The molecule has 8 nitrogen and oxygen atoms in total. The third-order valence-electron chi connectivity index (χ3n) is 6.06. The number of sulfonamides is 1. The summed E-state index contributed by atoms with van der Waals surface area (Å²) in [6, 6.07) is 22.5. The fourth-order valence-electron chi connectivity index (χ4n) is 4.17. The van der Waals surface area contributed by atoms with E-state index in [0.29, 0.717) is 5.75 Å². The van der Waals surface area contributed by atoms with E-state index in [2.05, 4.69) is 21.2 Å². The monoisotopic (exact) mass is 629 g/mol. The lowest BCUT2D eigenvalue weighted by Crippen LogP contribution is -2.56. The number of carbonyl (C=O) groups is 2. The van der Waals surface area contributed by atoms with E-state index in [0.717, 1.165) is 26.2 Å². The number of benzene rings is 3.